The number of carbonyl (C=O) groups excluding carboxylic acids is 1. The minimum Gasteiger partial charge on any atom is -0.486 e. The Balaban J connectivity index is 1.14. The van der Waals surface area contributed by atoms with Crippen LogP contribution in [-0.2, 0) is 13.2 Å². The summed E-state index contributed by atoms with van der Waals surface area (Å²) in [5, 5.41) is 2.23. The van der Waals surface area contributed by atoms with Gasteiger partial charge in [-0.3, -0.25) is 9.69 Å². The van der Waals surface area contributed by atoms with E-state index in [1.165, 1.54) is 6.07 Å². The third-order valence-electron chi connectivity index (χ3n) is 6.06. The smallest absolute Gasteiger partial charge is 0.289 e. The Hall–Kier alpha value is -3.71. The number of piperazine rings is 1. The first-order chi connectivity index (χ1) is 16.6. The lowest BCUT2D eigenvalue weighted by Gasteiger charge is -2.34. The van der Waals surface area contributed by atoms with Crippen LogP contribution in [0.5, 0.6) is 5.75 Å². The molecule has 1 fully saturated rings. The van der Waals surface area contributed by atoms with Gasteiger partial charge in [0.05, 0.1) is 0 Å². The highest BCUT2D eigenvalue weighted by molar-refractivity contribution is 5.91. The maximum Gasteiger partial charge on any atom is 0.289 e. The molecule has 7 heteroatoms. The molecule has 1 aliphatic rings. The molecule has 5 rings (SSSR count). The molecular weight excluding hydrogens is 438 g/mol. The summed E-state index contributed by atoms with van der Waals surface area (Å²) in [6, 6.07) is 21.5. The number of carbonyl (C=O) groups is 1. The fraction of sp³-hybridized carbons (Fsp3) is 0.222. The summed E-state index contributed by atoms with van der Waals surface area (Å²) in [5.41, 5.74) is 0.321. The average Bonchev–Trinajstić information content (AvgIpc) is 3.34. The van der Waals surface area contributed by atoms with Gasteiger partial charge in [0.2, 0.25) is 0 Å². The monoisotopic (exact) mass is 462 g/mol. The van der Waals surface area contributed by atoms with E-state index in [2.05, 4.69) is 0 Å². The van der Waals surface area contributed by atoms with Crippen molar-refractivity contribution in [1.29, 1.82) is 0 Å². The molecule has 34 heavy (non-hydrogen) atoms. The topological polar surface area (TPSA) is 45.9 Å². The van der Waals surface area contributed by atoms with Gasteiger partial charge >= 0.3 is 0 Å². The summed E-state index contributed by atoms with van der Waals surface area (Å²) in [7, 11) is 0. The van der Waals surface area contributed by atoms with Crippen molar-refractivity contribution in [3.05, 3.63) is 102 Å². The zero-order chi connectivity index (χ0) is 23.5. The van der Waals surface area contributed by atoms with E-state index in [-0.39, 0.29) is 18.3 Å². The first kappa shape index (κ1) is 22.1. The third-order valence-corrected chi connectivity index (χ3v) is 6.06. The predicted molar refractivity (Wildman–Crippen MR) is 125 cm³/mol. The quantitative estimate of drug-likeness (QED) is 0.393. The van der Waals surface area contributed by atoms with Crippen LogP contribution in [0.2, 0.25) is 0 Å². The summed E-state index contributed by atoms with van der Waals surface area (Å²) in [4.78, 5) is 16.6. The van der Waals surface area contributed by atoms with Crippen LogP contribution in [0.1, 0.15) is 21.9 Å². The number of hydrogen-bond donors (Lipinski definition) is 0. The van der Waals surface area contributed by atoms with Crippen LogP contribution in [-0.4, -0.2) is 41.9 Å². The number of benzene rings is 3. The third kappa shape index (κ3) is 4.79. The van der Waals surface area contributed by atoms with Crippen LogP contribution in [0.3, 0.4) is 0 Å². The van der Waals surface area contributed by atoms with Gasteiger partial charge < -0.3 is 14.1 Å². The Labute approximate surface area is 196 Å². The number of ether oxygens (including phenoxy) is 1. The Morgan fingerprint density at radius 2 is 1.68 bits per heavy atom. The average molecular weight is 462 g/mol. The van der Waals surface area contributed by atoms with Gasteiger partial charge in [-0.05, 0) is 41.1 Å². The Morgan fingerprint density at radius 1 is 0.882 bits per heavy atom. The van der Waals surface area contributed by atoms with E-state index < -0.39 is 11.6 Å². The lowest BCUT2D eigenvalue weighted by molar-refractivity contribution is 0.0592. The molecule has 1 aromatic heterocycles. The molecule has 0 aliphatic carbocycles. The molecule has 0 bridgehead atoms. The van der Waals surface area contributed by atoms with Gasteiger partial charge in [-0.2, -0.15) is 0 Å². The SMILES string of the molecule is O=C(c1ccc(COc2ccc3ccccc3c2)o1)N1CCN(Cc2cccc(F)c2F)CC1. The second-order valence-electron chi connectivity index (χ2n) is 8.34. The zero-order valence-corrected chi connectivity index (χ0v) is 18.5. The van der Waals surface area contributed by atoms with E-state index in [1.54, 1.807) is 23.1 Å². The number of halogens is 2. The van der Waals surface area contributed by atoms with Crippen LogP contribution in [0.4, 0.5) is 8.78 Å². The van der Waals surface area contributed by atoms with Crippen LogP contribution in [0, 0.1) is 11.6 Å². The molecular formula is C27H24F2N2O3. The molecule has 0 atom stereocenters. The standard InChI is InChI=1S/C27H24F2N2O3/c28-24-7-3-6-21(26(24)29)17-30-12-14-31(15-13-30)27(32)25-11-10-23(34-25)18-33-22-9-8-19-4-1-2-5-20(19)16-22/h1-11,16H,12-15,17-18H2. The van der Waals surface area contributed by atoms with Gasteiger partial charge in [0, 0.05) is 38.3 Å². The van der Waals surface area contributed by atoms with Gasteiger partial charge in [0.1, 0.15) is 18.1 Å². The molecule has 2 heterocycles. The molecule has 0 saturated carbocycles. The van der Waals surface area contributed by atoms with Crippen molar-refractivity contribution in [2.75, 3.05) is 26.2 Å². The minimum atomic E-state index is -0.843. The van der Waals surface area contributed by atoms with E-state index in [1.807, 2.05) is 47.4 Å². The summed E-state index contributed by atoms with van der Waals surface area (Å²) < 4.78 is 39.0. The molecule has 174 valence electrons. The van der Waals surface area contributed by atoms with Crippen molar-refractivity contribution in [3.63, 3.8) is 0 Å². The van der Waals surface area contributed by atoms with Crippen molar-refractivity contribution >= 4 is 16.7 Å². The van der Waals surface area contributed by atoms with E-state index in [0.717, 1.165) is 22.6 Å². The number of rotatable bonds is 6. The first-order valence-corrected chi connectivity index (χ1v) is 11.2. The highest BCUT2D eigenvalue weighted by atomic mass is 19.2. The predicted octanol–water partition coefficient (Wildman–Crippen LogP) is 5.25. The highest BCUT2D eigenvalue weighted by Crippen LogP contribution is 2.22. The fourth-order valence-corrected chi connectivity index (χ4v) is 4.16. The second-order valence-corrected chi connectivity index (χ2v) is 8.34. The minimum absolute atomic E-state index is 0.187. The molecule has 0 radical (unpaired) electrons. The number of furan rings is 1. The van der Waals surface area contributed by atoms with E-state index >= 15 is 0 Å². The van der Waals surface area contributed by atoms with Gasteiger partial charge in [-0.1, -0.05) is 42.5 Å². The Morgan fingerprint density at radius 3 is 2.50 bits per heavy atom. The molecule has 0 unspecified atom stereocenters. The summed E-state index contributed by atoms with van der Waals surface area (Å²) in [5.74, 6) is -0.277. The number of hydrogen-bond acceptors (Lipinski definition) is 4. The second kappa shape index (κ2) is 9.65. The first-order valence-electron chi connectivity index (χ1n) is 11.2. The molecule has 4 aromatic rings. The lowest BCUT2D eigenvalue weighted by Crippen LogP contribution is -2.48. The maximum absolute atomic E-state index is 13.9. The van der Waals surface area contributed by atoms with Crippen molar-refractivity contribution in [3.8, 4) is 5.75 Å². The zero-order valence-electron chi connectivity index (χ0n) is 18.5. The fourth-order valence-electron chi connectivity index (χ4n) is 4.16. The summed E-state index contributed by atoms with van der Waals surface area (Å²) in [6.07, 6.45) is 0. The van der Waals surface area contributed by atoms with Crippen molar-refractivity contribution in [2.24, 2.45) is 0 Å². The molecule has 1 saturated heterocycles. The normalized spacial score (nSPS) is 14.5. The van der Waals surface area contributed by atoms with E-state index in [9.17, 15) is 13.6 Å². The Kier molecular flexibility index (Phi) is 6.27. The molecule has 0 N–H and O–H groups in total. The number of fused-ring (bicyclic) bond motifs is 1. The van der Waals surface area contributed by atoms with Crippen LogP contribution in [0.15, 0.2) is 77.2 Å². The van der Waals surface area contributed by atoms with Gasteiger partial charge in [0.15, 0.2) is 17.4 Å². The van der Waals surface area contributed by atoms with Gasteiger partial charge in [-0.25, -0.2) is 8.78 Å². The van der Waals surface area contributed by atoms with Crippen molar-refractivity contribution in [2.45, 2.75) is 13.2 Å². The summed E-state index contributed by atoms with van der Waals surface area (Å²) in [6.45, 7) is 2.64. The van der Waals surface area contributed by atoms with E-state index in [0.29, 0.717) is 44.0 Å². The summed E-state index contributed by atoms with van der Waals surface area (Å²) >= 11 is 0. The molecule has 1 aliphatic heterocycles. The van der Waals surface area contributed by atoms with Crippen LogP contribution >= 0.6 is 0 Å². The van der Waals surface area contributed by atoms with Crippen molar-refractivity contribution in [1.82, 2.24) is 9.80 Å². The maximum atomic E-state index is 13.9. The molecule has 5 nitrogen and oxygen atoms in total. The van der Waals surface area contributed by atoms with Gasteiger partial charge in [0.25, 0.3) is 5.91 Å². The lowest BCUT2D eigenvalue weighted by atomic mass is 10.1. The Bertz CT molecular complexity index is 1310. The molecule has 1 amide bonds. The number of nitrogens with zero attached hydrogens (tertiary/aromatic N) is 2. The van der Waals surface area contributed by atoms with Gasteiger partial charge in [-0.15, -0.1) is 0 Å². The number of amides is 1. The van der Waals surface area contributed by atoms with Crippen LogP contribution < -0.4 is 4.74 Å². The molecule has 0 spiro atoms. The molecule has 3 aromatic carbocycles. The van der Waals surface area contributed by atoms with E-state index in [4.69, 9.17) is 9.15 Å². The highest BCUT2D eigenvalue weighted by Gasteiger charge is 2.25. The van der Waals surface area contributed by atoms with Crippen LogP contribution in [0.25, 0.3) is 10.8 Å². The largest absolute Gasteiger partial charge is 0.486 e. The van der Waals surface area contributed by atoms with Crippen molar-refractivity contribution < 1.29 is 22.7 Å².